The second kappa shape index (κ2) is 17.7. The lowest BCUT2D eigenvalue weighted by molar-refractivity contribution is -0.137. The van der Waals surface area contributed by atoms with Crippen LogP contribution < -0.4 is 10.7 Å². The minimum absolute atomic E-state index is 0.0616. The van der Waals surface area contributed by atoms with Crippen molar-refractivity contribution >= 4 is 73.3 Å². The van der Waals surface area contributed by atoms with Gasteiger partial charge in [-0.05, 0) is 105 Å². The van der Waals surface area contributed by atoms with E-state index in [0.717, 1.165) is 53.9 Å². The van der Waals surface area contributed by atoms with E-state index < -0.39 is 23.9 Å². The van der Waals surface area contributed by atoms with Gasteiger partial charge >= 0.3 is 6.03 Å². The molecule has 2 fully saturated rings. The van der Waals surface area contributed by atoms with Gasteiger partial charge in [0.1, 0.15) is 5.57 Å². The number of unbranched alkanes of at least 4 members (excludes halogenated alkanes) is 1. The molecule has 4 aromatic carbocycles. The summed E-state index contributed by atoms with van der Waals surface area (Å²) in [7, 11) is 1.56. The highest BCUT2D eigenvalue weighted by Crippen LogP contribution is 2.41. The van der Waals surface area contributed by atoms with Crippen molar-refractivity contribution in [2.45, 2.75) is 111 Å². The quantitative estimate of drug-likeness (QED) is 0.0810. The second-order valence-corrected chi connectivity index (χ2v) is 17.2. The van der Waals surface area contributed by atoms with Crippen LogP contribution >= 0.6 is 0 Å². The maximum atomic E-state index is 14.9. The molecule has 1 saturated carbocycles. The number of urea groups is 1. The number of allylic oxidation sites excluding steroid dienone is 5. The first-order valence-corrected chi connectivity index (χ1v) is 22.5. The standard InChI is InChI=1S/C53H60N4O4/c1-8-11-32-54-51(58)50(52(59)57(53(54)60)36(6)33-61-7)47-39(28-30-43-41-22-12-18-37-20-14-24-45(48(37)41)55(43)34(4)16-9-2)26-27-40(47)29-31-44-42-23-13-19-38-21-15-25-46(49(38)42)56(44)35(5)17-10-3/h12-15,18-25,28-31,34-36H,8-11,16-17,26-27,32-33H2,1-7H3/b39-28-,40-29+,43-30+,44-31+,50-47?. The highest BCUT2D eigenvalue weighted by atomic mass is 16.5. The fourth-order valence-electron chi connectivity index (χ4n) is 10.2. The Hall–Kier alpha value is -5.73. The third-order valence-corrected chi connectivity index (χ3v) is 13.0. The van der Waals surface area contributed by atoms with Crippen LogP contribution in [0.5, 0.6) is 0 Å². The largest absolute Gasteiger partial charge is 0.383 e. The smallest absolute Gasteiger partial charge is 0.334 e. The summed E-state index contributed by atoms with van der Waals surface area (Å²) in [5, 5.41) is 9.47. The van der Waals surface area contributed by atoms with E-state index >= 15 is 0 Å². The first-order chi connectivity index (χ1) is 29.6. The van der Waals surface area contributed by atoms with Crippen LogP contribution in [0.4, 0.5) is 4.79 Å². The Balaban J connectivity index is 1.41. The van der Waals surface area contributed by atoms with Crippen LogP contribution in [0.1, 0.15) is 105 Å². The fraction of sp³-hybridized carbons (Fsp3) is 0.377. The minimum Gasteiger partial charge on any atom is -0.383 e. The number of hydrogen-bond donors (Lipinski definition) is 0. The predicted molar refractivity (Wildman–Crippen MR) is 250 cm³/mol. The number of amides is 4. The lowest BCUT2D eigenvalue weighted by atomic mass is 9.94. The average Bonchev–Trinajstić information content (AvgIpc) is 3.91. The molecule has 0 radical (unpaired) electrons. The summed E-state index contributed by atoms with van der Waals surface area (Å²) in [6.45, 7) is 13.3. The van der Waals surface area contributed by atoms with E-state index in [9.17, 15) is 14.4 Å². The summed E-state index contributed by atoms with van der Waals surface area (Å²) in [5.41, 5.74) is 4.93. The zero-order chi connectivity index (χ0) is 42.9. The van der Waals surface area contributed by atoms with Crippen molar-refractivity contribution in [2.24, 2.45) is 0 Å². The molecule has 1 aliphatic heterocycles. The Morgan fingerprint density at radius 3 is 1.56 bits per heavy atom. The summed E-state index contributed by atoms with van der Waals surface area (Å²) in [6.07, 6.45) is 15.6. The van der Waals surface area contributed by atoms with Gasteiger partial charge in [-0.2, -0.15) is 0 Å². The summed E-state index contributed by atoms with van der Waals surface area (Å²) < 4.78 is 10.4. The molecule has 6 aromatic rings. The molecule has 2 aromatic heterocycles. The van der Waals surface area contributed by atoms with Crippen molar-refractivity contribution in [1.29, 1.82) is 0 Å². The van der Waals surface area contributed by atoms with Gasteiger partial charge in [-0.15, -0.1) is 0 Å². The molecule has 0 N–H and O–H groups in total. The summed E-state index contributed by atoms with van der Waals surface area (Å²) in [4.78, 5) is 46.3. The van der Waals surface area contributed by atoms with Gasteiger partial charge < -0.3 is 13.9 Å². The molecule has 0 bridgehead atoms. The van der Waals surface area contributed by atoms with E-state index in [4.69, 9.17) is 4.74 Å². The van der Waals surface area contributed by atoms with Gasteiger partial charge in [0.25, 0.3) is 11.8 Å². The number of imide groups is 2. The maximum Gasteiger partial charge on any atom is 0.334 e. The normalized spacial score (nSPS) is 20.1. The Labute approximate surface area is 359 Å². The number of barbiturate groups is 1. The van der Waals surface area contributed by atoms with Crippen LogP contribution in [0.25, 0.3) is 55.5 Å². The van der Waals surface area contributed by atoms with E-state index in [2.05, 4.69) is 134 Å². The number of methoxy groups -OCH3 is 1. The van der Waals surface area contributed by atoms with Gasteiger partial charge in [0.15, 0.2) is 0 Å². The topological polar surface area (TPSA) is 76.8 Å². The number of benzene rings is 4. The van der Waals surface area contributed by atoms with E-state index in [1.807, 2.05) is 6.92 Å². The molecule has 3 atom stereocenters. The molecule has 2 aliphatic rings. The SMILES string of the molecule is CCCCN1C(=O)C(=C2/C(=C\C=c3/c4cccc5cccc(c54)n3C(C)CCC)CC/C2=C\C=c2/c3cccc4cccc(c43)n2C(C)CCC)C(=O)N(C(C)COC)C1=O. The van der Waals surface area contributed by atoms with Crippen molar-refractivity contribution in [2.75, 3.05) is 20.3 Å². The Morgan fingerprint density at radius 1 is 0.607 bits per heavy atom. The van der Waals surface area contributed by atoms with Crippen LogP contribution in [-0.2, 0) is 14.3 Å². The zero-order valence-corrected chi connectivity index (χ0v) is 37.0. The first-order valence-electron chi connectivity index (χ1n) is 22.5. The van der Waals surface area contributed by atoms with E-state index in [0.29, 0.717) is 24.8 Å². The van der Waals surface area contributed by atoms with Gasteiger partial charge in [0.2, 0.25) is 0 Å². The Kier molecular flexibility index (Phi) is 12.2. The average molecular weight is 817 g/mol. The molecule has 1 aliphatic carbocycles. The molecule has 8 heteroatoms. The molecular weight excluding hydrogens is 757 g/mol. The number of carbonyl (C=O) groups excluding carboxylic acids is 3. The molecule has 4 amide bonds. The molecule has 1 saturated heterocycles. The van der Waals surface area contributed by atoms with E-state index in [1.165, 1.54) is 53.2 Å². The van der Waals surface area contributed by atoms with E-state index in [1.54, 1.807) is 14.0 Å². The Morgan fingerprint density at radius 2 is 1.10 bits per heavy atom. The Bertz CT molecular complexity index is 2700. The summed E-state index contributed by atoms with van der Waals surface area (Å²) >= 11 is 0. The molecule has 61 heavy (non-hydrogen) atoms. The van der Waals surface area contributed by atoms with Crippen LogP contribution in [0.3, 0.4) is 0 Å². The lowest BCUT2D eigenvalue weighted by Crippen LogP contribution is -2.60. The van der Waals surface area contributed by atoms with Gasteiger partial charge in [0, 0.05) is 69.0 Å². The van der Waals surface area contributed by atoms with Crippen molar-refractivity contribution in [3.63, 3.8) is 0 Å². The number of carbonyl (C=O) groups is 3. The molecular formula is C53H60N4O4. The number of ether oxygens (including phenoxy) is 1. The predicted octanol–water partition coefficient (Wildman–Crippen LogP) is 10.9. The summed E-state index contributed by atoms with van der Waals surface area (Å²) in [6, 6.07) is 25.4. The van der Waals surface area contributed by atoms with Gasteiger partial charge in [-0.1, -0.05) is 113 Å². The maximum absolute atomic E-state index is 14.9. The number of rotatable bonds is 14. The van der Waals surface area contributed by atoms with Crippen molar-refractivity contribution in [3.8, 4) is 0 Å². The molecule has 8 nitrogen and oxygen atoms in total. The van der Waals surface area contributed by atoms with Gasteiger partial charge in [-0.3, -0.25) is 19.4 Å². The number of hydrogen-bond acceptors (Lipinski definition) is 4. The van der Waals surface area contributed by atoms with Gasteiger partial charge in [0.05, 0.1) is 12.6 Å². The van der Waals surface area contributed by atoms with Crippen LogP contribution in [0.15, 0.2) is 107 Å². The van der Waals surface area contributed by atoms with Crippen LogP contribution in [0, 0.1) is 0 Å². The van der Waals surface area contributed by atoms with Gasteiger partial charge in [-0.25, -0.2) is 4.79 Å². The minimum atomic E-state index is -0.578. The fourth-order valence-corrected chi connectivity index (χ4v) is 10.2. The molecule has 3 heterocycles. The van der Waals surface area contributed by atoms with E-state index in [-0.39, 0.29) is 30.8 Å². The zero-order valence-electron chi connectivity index (χ0n) is 37.0. The third kappa shape index (κ3) is 7.33. The second-order valence-electron chi connectivity index (χ2n) is 17.2. The number of nitrogens with zero attached hydrogens (tertiary/aromatic N) is 4. The molecule has 3 unspecified atom stereocenters. The third-order valence-electron chi connectivity index (χ3n) is 13.0. The molecule has 8 rings (SSSR count). The van der Waals surface area contributed by atoms with Crippen molar-refractivity contribution < 1.29 is 19.1 Å². The summed E-state index contributed by atoms with van der Waals surface area (Å²) in [5.74, 6) is -1.08. The lowest BCUT2D eigenvalue weighted by Gasteiger charge is -2.37. The molecule has 316 valence electrons. The monoisotopic (exact) mass is 816 g/mol. The van der Waals surface area contributed by atoms with Crippen molar-refractivity contribution in [3.05, 3.63) is 118 Å². The first kappa shape index (κ1) is 42.0. The highest BCUT2D eigenvalue weighted by molar-refractivity contribution is 6.30. The van der Waals surface area contributed by atoms with Crippen LogP contribution in [0.2, 0.25) is 0 Å². The van der Waals surface area contributed by atoms with Crippen molar-refractivity contribution in [1.82, 2.24) is 18.9 Å². The number of aromatic nitrogens is 2. The highest BCUT2D eigenvalue weighted by Gasteiger charge is 2.46. The molecule has 0 spiro atoms. The van der Waals surface area contributed by atoms with Crippen LogP contribution in [-0.4, -0.2) is 63.1 Å².